The summed E-state index contributed by atoms with van der Waals surface area (Å²) in [5.74, 6) is 0. The van der Waals surface area contributed by atoms with E-state index >= 15 is 0 Å². The molecule has 1 aliphatic heterocycles. The largest absolute Gasteiger partial charge is 0.381 e. The van der Waals surface area contributed by atoms with E-state index in [1.54, 1.807) is 0 Å². The lowest BCUT2D eigenvalue weighted by Crippen LogP contribution is -2.57. The van der Waals surface area contributed by atoms with Gasteiger partial charge in [0.2, 0.25) is 0 Å². The second-order valence-electron chi connectivity index (χ2n) is 6.25. The van der Waals surface area contributed by atoms with Crippen molar-refractivity contribution < 1.29 is 9.47 Å². The molecule has 2 aliphatic rings. The van der Waals surface area contributed by atoms with Crippen molar-refractivity contribution >= 4 is 0 Å². The summed E-state index contributed by atoms with van der Waals surface area (Å²) in [4.78, 5) is 2.45. The molecule has 0 aromatic carbocycles. The van der Waals surface area contributed by atoms with Gasteiger partial charge in [0.1, 0.15) is 0 Å². The van der Waals surface area contributed by atoms with Crippen LogP contribution in [0.4, 0.5) is 0 Å². The summed E-state index contributed by atoms with van der Waals surface area (Å²) in [6, 6.07) is 0. The van der Waals surface area contributed by atoms with Gasteiger partial charge < -0.3 is 15.2 Å². The van der Waals surface area contributed by atoms with E-state index in [9.17, 15) is 0 Å². The quantitative estimate of drug-likeness (QED) is 0.827. The van der Waals surface area contributed by atoms with Crippen molar-refractivity contribution in [1.29, 1.82) is 0 Å². The summed E-state index contributed by atoms with van der Waals surface area (Å²) < 4.78 is 11.4. The molecule has 1 saturated carbocycles. The number of hydrogen-bond donors (Lipinski definition) is 1. The molecular weight excluding hydrogens is 240 g/mol. The highest BCUT2D eigenvalue weighted by atomic mass is 16.5. The predicted octanol–water partition coefficient (Wildman–Crippen LogP) is 1.77. The summed E-state index contributed by atoms with van der Waals surface area (Å²) in [6.45, 7) is 2.65. The Bertz CT molecular complexity index is 269. The molecule has 112 valence electrons. The number of hydrogen-bond acceptors (Lipinski definition) is 4. The van der Waals surface area contributed by atoms with E-state index in [0.717, 1.165) is 26.1 Å². The maximum Gasteiger partial charge on any atom is 0.0702 e. The minimum Gasteiger partial charge on any atom is -0.381 e. The fourth-order valence-electron chi connectivity index (χ4n) is 3.63. The zero-order chi connectivity index (χ0) is 13.7. The van der Waals surface area contributed by atoms with Gasteiger partial charge in [0.15, 0.2) is 0 Å². The van der Waals surface area contributed by atoms with Gasteiger partial charge in [-0.05, 0) is 52.0 Å². The van der Waals surface area contributed by atoms with Crippen LogP contribution >= 0.6 is 0 Å². The molecule has 1 aliphatic carbocycles. The average Bonchev–Trinajstić information content (AvgIpc) is 2.48. The first-order valence-electron chi connectivity index (χ1n) is 7.76. The van der Waals surface area contributed by atoms with Crippen LogP contribution in [-0.4, -0.2) is 56.5 Å². The van der Waals surface area contributed by atoms with Gasteiger partial charge in [-0.2, -0.15) is 0 Å². The highest BCUT2D eigenvalue weighted by Crippen LogP contribution is 2.34. The second kappa shape index (κ2) is 7.02. The molecule has 19 heavy (non-hydrogen) atoms. The number of likely N-dealkylation sites (N-methyl/N-ethyl adjacent to an activating group) is 1. The molecule has 0 spiro atoms. The van der Waals surface area contributed by atoms with Crippen molar-refractivity contribution in [2.45, 2.75) is 62.7 Å². The highest BCUT2D eigenvalue weighted by molar-refractivity contribution is 4.96. The number of rotatable bonds is 5. The topological polar surface area (TPSA) is 47.7 Å². The summed E-state index contributed by atoms with van der Waals surface area (Å²) in [5, 5.41) is 0. The molecule has 2 fully saturated rings. The molecule has 3 unspecified atom stereocenters. The van der Waals surface area contributed by atoms with Crippen LogP contribution in [0, 0.1) is 0 Å². The number of nitrogens with zero attached hydrogens (tertiary/aromatic N) is 1. The summed E-state index contributed by atoms with van der Waals surface area (Å²) in [6.07, 6.45) is 9.10. The molecule has 2 rings (SSSR count). The van der Waals surface area contributed by atoms with Crippen LogP contribution in [0.1, 0.15) is 44.9 Å². The molecule has 0 amide bonds. The molecule has 4 nitrogen and oxygen atoms in total. The third kappa shape index (κ3) is 3.69. The Morgan fingerprint density at radius 2 is 2.16 bits per heavy atom. The summed E-state index contributed by atoms with van der Waals surface area (Å²) in [7, 11) is 4.03. The number of methoxy groups -OCH3 is 1. The maximum atomic E-state index is 6.12. The van der Waals surface area contributed by atoms with E-state index in [0.29, 0.717) is 12.2 Å². The summed E-state index contributed by atoms with van der Waals surface area (Å²) >= 11 is 0. The van der Waals surface area contributed by atoms with Gasteiger partial charge in [0.25, 0.3) is 0 Å². The Hall–Kier alpha value is -0.160. The zero-order valence-electron chi connectivity index (χ0n) is 12.6. The normalized spacial score (nSPS) is 36.6. The number of ether oxygens (including phenoxy) is 2. The molecule has 3 atom stereocenters. The van der Waals surface area contributed by atoms with Crippen molar-refractivity contribution in [2.75, 3.05) is 33.9 Å². The van der Waals surface area contributed by atoms with E-state index in [1.807, 2.05) is 7.11 Å². The van der Waals surface area contributed by atoms with Crippen LogP contribution in [0.15, 0.2) is 0 Å². The predicted molar refractivity (Wildman–Crippen MR) is 77.3 cm³/mol. The van der Waals surface area contributed by atoms with Crippen LogP contribution in [-0.2, 0) is 9.47 Å². The minimum atomic E-state index is 0.111. The zero-order valence-corrected chi connectivity index (χ0v) is 12.6. The maximum absolute atomic E-state index is 6.12. The Morgan fingerprint density at radius 3 is 2.79 bits per heavy atom. The van der Waals surface area contributed by atoms with Gasteiger partial charge in [-0.15, -0.1) is 0 Å². The molecule has 2 N–H and O–H groups in total. The van der Waals surface area contributed by atoms with Crippen molar-refractivity contribution in [3.8, 4) is 0 Å². The van der Waals surface area contributed by atoms with Crippen LogP contribution in [0.25, 0.3) is 0 Å². The van der Waals surface area contributed by atoms with Gasteiger partial charge in [0.05, 0.1) is 12.2 Å². The van der Waals surface area contributed by atoms with E-state index < -0.39 is 0 Å². The molecule has 1 saturated heterocycles. The van der Waals surface area contributed by atoms with Gasteiger partial charge in [-0.1, -0.05) is 0 Å². The fourth-order valence-corrected chi connectivity index (χ4v) is 3.63. The van der Waals surface area contributed by atoms with E-state index in [4.69, 9.17) is 15.2 Å². The smallest absolute Gasteiger partial charge is 0.0702 e. The minimum absolute atomic E-state index is 0.111. The molecule has 0 bridgehead atoms. The average molecular weight is 270 g/mol. The third-order valence-electron chi connectivity index (χ3n) is 5.05. The van der Waals surface area contributed by atoms with E-state index in [2.05, 4.69) is 11.9 Å². The lowest BCUT2D eigenvalue weighted by atomic mass is 9.78. The lowest BCUT2D eigenvalue weighted by Gasteiger charge is -2.47. The van der Waals surface area contributed by atoms with Crippen LogP contribution < -0.4 is 5.73 Å². The van der Waals surface area contributed by atoms with Crippen molar-refractivity contribution in [3.05, 3.63) is 0 Å². The third-order valence-corrected chi connectivity index (χ3v) is 5.05. The Labute approximate surface area is 117 Å². The van der Waals surface area contributed by atoms with Gasteiger partial charge in [0, 0.05) is 32.3 Å². The molecular formula is C15H30N2O2. The van der Waals surface area contributed by atoms with Gasteiger partial charge in [-0.25, -0.2) is 0 Å². The first-order chi connectivity index (χ1) is 9.20. The molecule has 0 aromatic heterocycles. The standard InChI is InChI=1S/C15H30N2O2/c1-17(11-14-6-3-4-9-19-14)15(12-16)8-5-7-13(10-15)18-2/h13-14H,3-12,16H2,1-2H3. The second-order valence-corrected chi connectivity index (χ2v) is 6.25. The van der Waals surface area contributed by atoms with Crippen LogP contribution in [0.3, 0.4) is 0 Å². The van der Waals surface area contributed by atoms with E-state index in [-0.39, 0.29) is 5.54 Å². The summed E-state index contributed by atoms with van der Waals surface area (Å²) in [5.41, 5.74) is 6.23. The first kappa shape index (κ1) is 15.2. The fraction of sp³-hybridized carbons (Fsp3) is 1.00. The monoisotopic (exact) mass is 270 g/mol. The van der Waals surface area contributed by atoms with Crippen LogP contribution in [0.5, 0.6) is 0 Å². The Morgan fingerprint density at radius 1 is 1.32 bits per heavy atom. The van der Waals surface area contributed by atoms with Gasteiger partial charge in [-0.3, -0.25) is 4.90 Å². The van der Waals surface area contributed by atoms with Crippen molar-refractivity contribution in [1.82, 2.24) is 4.90 Å². The van der Waals surface area contributed by atoms with Crippen LogP contribution in [0.2, 0.25) is 0 Å². The van der Waals surface area contributed by atoms with Crippen molar-refractivity contribution in [3.63, 3.8) is 0 Å². The Kier molecular flexibility index (Phi) is 5.63. The van der Waals surface area contributed by atoms with Gasteiger partial charge >= 0.3 is 0 Å². The number of nitrogens with two attached hydrogens (primary N) is 1. The molecule has 4 heteroatoms. The molecule has 0 radical (unpaired) electrons. The van der Waals surface area contributed by atoms with Crippen molar-refractivity contribution in [2.24, 2.45) is 5.73 Å². The molecule has 0 aromatic rings. The highest BCUT2D eigenvalue weighted by Gasteiger charge is 2.39. The van der Waals surface area contributed by atoms with E-state index in [1.165, 1.54) is 38.5 Å². The lowest BCUT2D eigenvalue weighted by molar-refractivity contribution is -0.0515. The Balaban J connectivity index is 1.94. The molecule has 1 heterocycles. The first-order valence-corrected chi connectivity index (χ1v) is 7.76. The SMILES string of the molecule is COC1CCCC(CN)(N(C)CC2CCCCO2)C1.